The van der Waals surface area contributed by atoms with Crippen LogP contribution >= 0.6 is 23.2 Å². The Balaban J connectivity index is 2.04. The molecule has 1 atom stereocenters. The number of hydrogen-bond donors (Lipinski definition) is 1. The van der Waals surface area contributed by atoms with E-state index in [0.29, 0.717) is 17.9 Å². The van der Waals surface area contributed by atoms with Gasteiger partial charge in [-0.3, -0.25) is 13.9 Å². The van der Waals surface area contributed by atoms with Gasteiger partial charge in [0.2, 0.25) is 11.8 Å². The highest BCUT2D eigenvalue weighted by Gasteiger charge is 2.33. The number of benzene rings is 3. The molecule has 3 aromatic rings. The summed E-state index contributed by atoms with van der Waals surface area (Å²) in [5.74, 6) is -0.335. The Morgan fingerprint density at radius 3 is 2.27 bits per heavy atom. The molecule has 3 aromatic carbocycles. The summed E-state index contributed by atoms with van der Waals surface area (Å²) in [4.78, 5) is 28.4. The first-order valence-corrected chi connectivity index (χ1v) is 15.4. The Kier molecular flexibility index (Phi) is 11.5. The van der Waals surface area contributed by atoms with E-state index in [4.69, 9.17) is 27.9 Å². The Morgan fingerprint density at radius 2 is 1.66 bits per heavy atom. The minimum atomic E-state index is -4.23. The number of amides is 2. The summed E-state index contributed by atoms with van der Waals surface area (Å²) in [6, 6.07) is 16.9. The van der Waals surface area contributed by atoms with Gasteiger partial charge in [0.25, 0.3) is 10.0 Å². The van der Waals surface area contributed by atoms with Crippen LogP contribution in [0.15, 0.2) is 71.6 Å². The van der Waals surface area contributed by atoms with Gasteiger partial charge in [-0.25, -0.2) is 8.42 Å². The van der Waals surface area contributed by atoms with Crippen LogP contribution < -0.4 is 14.4 Å². The van der Waals surface area contributed by atoms with Crippen LogP contribution in [0.5, 0.6) is 5.75 Å². The smallest absolute Gasteiger partial charge is 0.264 e. The number of carbonyl (C=O) groups excluding carboxylic acids is 2. The molecule has 11 heteroatoms. The minimum absolute atomic E-state index is 0.00305. The Morgan fingerprint density at radius 1 is 1.00 bits per heavy atom. The van der Waals surface area contributed by atoms with Crippen molar-refractivity contribution in [3.8, 4) is 5.75 Å². The summed E-state index contributed by atoms with van der Waals surface area (Å²) in [5.41, 5.74) is 1.72. The van der Waals surface area contributed by atoms with Gasteiger partial charge in [0.05, 0.1) is 17.7 Å². The standard InChI is InChI=1S/C30H35Cl2N3O5S/c1-5-6-14-33-30(37)22(3)34(19-23-8-7-9-27(15-23)40-4)29(36)20-35(26-17-24(31)16-25(32)18-26)41(38,39)28-12-10-21(2)11-13-28/h7-13,15-18,22H,5-6,14,19-20H2,1-4H3,(H,33,37)/t22-/m1/s1. The highest BCUT2D eigenvalue weighted by molar-refractivity contribution is 7.92. The zero-order valence-corrected chi connectivity index (χ0v) is 25.9. The van der Waals surface area contributed by atoms with Gasteiger partial charge in [-0.1, -0.05) is 66.4 Å². The fourth-order valence-electron chi connectivity index (χ4n) is 4.14. The third kappa shape index (κ3) is 8.61. The number of aryl methyl sites for hydroxylation is 1. The molecule has 0 saturated heterocycles. The molecule has 0 aromatic heterocycles. The van der Waals surface area contributed by atoms with Crippen molar-refractivity contribution in [3.63, 3.8) is 0 Å². The van der Waals surface area contributed by atoms with Crippen molar-refractivity contribution in [2.45, 2.75) is 51.1 Å². The molecular formula is C30H35Cl2N3O5S. The Labute approximate surface area is 252 Å². The molecule has 0 saturated carbocycles. The zero-order chi connectivity index (χ0) is 30.2. The maximum atomic E-state index is 14.0. The second kappa shape index (κ2) is 14.6. The number of hydrogen-bond acceptors (Lipinski definition) is 5. The molecule has 0 aliphatic carbocycles. The van der Waals surface area contributed by atoms with Crippen LogP contribution in [0.4, 0.5) is 5.69 Å². The number of ether oxygens (including phenoxy) is 1. The lowest BCUT2D eigenvalue weighted by Crippen LogP contribution is -2.51. The van der Waals surface area contributed by atoms with Gasteiger partial charge in [0.15, 0.2) is 0 Å². The lowest BCUT2D eigenvalue weighted by molar-refractivity contribution is -0.139. The summed E-state index contributed by atoms with van der Waals surface area (Å²) < 4.78 is 34.1. The molecule has 0 unspecified atom stereocenters. The van der Waals surface area contributed by atoms with Gasteiger partial charge in [-0.2, -0.15) is 0 Å². The second-order valence-corrected chi connectivity index (χ2v) is 12.4. The summed E-state index contributed by atoms with van der Waals surface area (Å²) in [7, 11) is -2.69. The van der Waals surface area contributed by atoms with Crippen LogP contribution in [0.25, 0.3) is 0 Å². The fourth-order valence-corrected chi connectivity index (χ4v) is 6.05. The average molecular weight is 621 g/mol. The van der Waals surface area contributed by atoms with Gasteiger partial charge in [-0.05, 0) is 68.3 Å². The summed E-state index contributed by atoms with van der Waals surface area (Å²) >= 11 is 12.5. The molecule has 41 heavy (non-hydrogen) atoms. The van der Waals surface area contributed by atoms with Crippen molar-refractivity contribution in [3.05, 3.63) is 87.9 Å². The summed E-state index contributed by atoms with van der Waals surface area (Å²) in [5, 5.41) is 3.28. The maximum Gasteiger partial charge on any atom is 0.264 e. The number of sulfonamides is 1. The first-order chi connectivity index (χ1) is 19.5. The van der Waals surface area contributed by atoms with Gasteiger partial charge < -0.3 is 15.0 Å². The van der Waals surface area contributed by atoms with Crippen molar-refractivity contribution in [1.29, 1.82) is 0 Å². The molecule has 220 valence electrons. The monoisotopic (exact) mass is 619 g/mol. The number of methoxy groups -OCH3 is 1. The average Bonchev–Trinajstić information content (AvgIpc) is 2.93. The molecule has 0 radical (unpaired) electrons. The van der Waals surface area contributed by atoms with Crippen LogP contribution in [0.1, 0.15) is 37.8 Å². The van der Waals surface area contributed by atoms with E-state index in [9.17, 15) is 18.0 Å². The minimum Gasteiger partial charge on any atom is -0.497 e. The van der Waals surface area contributed by atoms with Gasteiger partial charge in [-0.15, -0.1) is 0 Å². The van der Waals surface area contributed by atoms with Crippen molar-refractivity contribution in [2.75, 3.05) is 24.5 Å². The highest BCUT2D eigenvalue weighted by Crippen LogP contribution is 2.30. The van der Waals surface area contributed by atoms with Crippen LogP contribution in [-0.2, 0) is 26.2 Å². The molecule has 0 aliphatic heterocycles. The number of anilines is 1. The molecule has 2 amide bonds. The molecule has 0 fully saturated rings. The van der Waals surface area contributed by atoms with Crippen LogP contribution in [0.2, 0.25) is 10.0 Å². The lowest BCUT2D eigenvalue weighted by Gasteiger charge is -2.32. The number of halogens is 2. The van der Waals surface area contributed by atoms with E-state index in [0.717, 1.165) is 22.7 Å². The summed E-state index contributed by atoms with van der Waals surface area (Å²) in [6.07, 6.45) is 1.69. The van der Waals surface area contributed by atoms with Crippen molar-refractivity contribution in [2.24, 2.45) is 0 Å². The van der Waals surface area contributed by atoms with Crippen LogP contribution in [0.3, 0.4) is 0 Å². The number of unbranched alkanes of at least 4 members (excludes halogenated alkanes) is 1. The van der Waals surface area contributed by atoms with Crippen molar-refractivity contribution >= 4 is 50.7 Å². The zero-order valence-electron chi connectivity index (χ0n) is 23.6. The highest BCUT2D eigenvalue weighted by atomic mass is 35.5. The number of carbonyl (C=O) groups is 2. The van der Waals surface area contributed by atoms with Gasteiger partial charge in [0.1, 0.15) is 18.3 Å². The number of nitrogens with one attached hydrogen (secondary N) is 1. The van der Waals surface area contributed by atoms with Gasteiger partial charge >= 0.3 is 0 Å². The summed E-state index contributed by atoms with van der Waals surface area (Å²) in [6.45, 7) is 5.40. The van der Waals surface area contributed by atoms with E-state index in [1.807, 2.05) is 19.9 Å². The van der Waals surface area contributed by atoms with Crippen molar-refractivity contribution < 1.29 is 22.7 Å². The molecule has 1 N–H and O–H groups in total. The first kappa shape index (κ1) is 32.2. The number of rotatable bonds is 13. The molecule has 0 heterocycles. The van der Waals surface area contributed by atoms with E-state index in [2.05, 4.69) is 5.32 Å². The maximum absolute atomic E-state index is 14.0. The first-order valence-electron chi connectivity index (χ1n) is 13.2. The van der Waals surface area contributed by atoms with E-state index in [1.165, 1.54) is 42.3 Å². The normalized spacial score (nSPS) is 12.0. The molecule has 0 bridgehead atoms. The molecule has 0 spiro atoms. The fraction of sp³-hybridized carbons (Fsp3) is 0.333. The van der Waals surface area contributed by atoms with E-state index < -0.39 is 28.5 Å². The van der Waals surface area contributed by atoms with E-state index in [-0.39, 0.29) is 33.1 Å². The van der Waals surface area contributed by atoms with Crippen LogP contribution in [-0.4, -0.2) is 51.4 Å². The lowest BCUT2D eigenvalue weighted by atomic mass is 10.1. The Hall–Kier alpha value is -3.27. The SMILES string of the molecule is CCCCNC(=O)[C@@H](C)N(Cc1cccc(OC)c1)C(=O)CN(c1cc(Cl)cc(Cl)c1)S(=O)(=O)c1ccc(C)cc1. The third-order valence-electron chi connectivity index (χ3n) is 6.51. The molecule has 3 rings (SSSR count). The number of nitrogens with zero attached hydrogens (tertiary/aromatic N) is 2. The quantitative estimate of drug-likeness (QED) is 0.243. The molecular weight excluding hydrogens is 585 g/mol. The molecule has 8 nitrogen and oxygen atoms in total. The van der Waals surface area contributed by atoms with E-state index in [1.54, 1.807) is 37.3 Å². The predicted octanol–water partition coefficient (Wildman–Crippen LogP) is 5.84. The predicted molar refractivity (Wildman–Crippen MR) is 163 cm³/mol. The van der Waals surface area contributed by atoms with Crippen molar-refractivity contribution in [1.82, 2.24) is 10.2 Å². The van der Waals surface area contributed by atoms with Crippen LogP contribution in [0, 0.1) is 6.92 Å². The molecule has 0 aliphatic rings. The largest absolute Gasteiger partial charge is 0.497 e. The Bertz CT molecular complexity index is 1440. The van der Waals surface area contributed by atoms with Gasteiger partial charge in [0, 0.05) is 23.1 Å². The topological polar surface area (TPSA) is 96.0 Å². The third-order valence-corrected chi connectivity index (χ3v) is 8.73. The van der Waals surface area contributed by atoms with E-state index >= 15 is 0 Å². The second-order valence-electron chi connectivity index (χ2n) is 9.65.